The summed E-state index contributed by atoms with van der Waals surface area (Å²) in [7, 11) is 0. The van der Waals surface area contributed by atoms with Gasteiger partial charge in [-0.05, 0) is 38.1 Å². The molecular formula is C24H26FN7O. The van der Waals surface area contributed by atoms with E-state index in [1.54, 1.807) is 24.5 Å². The first kappa shape index (κ1) is 21.3. The molecule has 0 unspecified atom stereocenters. The van der Waals surface area contributed by atoms with E-state index in [9.17, 15) is 4.39 Å². The number of halogens is 1. The maximum Gasteiger partial charge on any atom is 0.155 e. The van der Waals surface area contributed by atoms with Crippen molar-refractivity contribution < 1.29 is 8.91 Å². The van der Waals surface area contributed by atoms with E-state index in [1.165, 1.54) is 17.7 Å². The second-order valence-corrected chi connectivity index (χ2v) is 8.35. The molecule has 0 N–H and O–H groups in total. The molecular weight excluding hydrogens is 421 g/mol. The fraction of sp³-hybridized carbons (Fsp3) is 0.333. The van der Waals surface area contributed by atoms with Gasteiger partial charge in [-0.2, -0.15) is 5.10 Å². The van der Waals surface area contributed by atoms with E-state index in [-0.39, 0.29) is 5.82 Å². The molecule has 0 aliphatic carbocycles. The first-order valence-corrected chi connectivity index (χ1v) is 11.0. The minimum absolute atomic E-state index is 0.257. The Kier molecular flexibility index (Phi) is 5.87. The summed E-state index contributed by atoms with van der Waals surface area (Å²) in [5.74, 6) is 1.42. The number of aryl methyl sites for hydroxylation is 2. The smallest absolute Gasteiger partial charge is 0.155 e. The number of anilines is 1. The third kappa shape index (κ3) is 4.63. The zero-order valence-corrected chi connectivity index (χ0v) is 18.8. The van der Waals surface area contributed by atoms with Gasteiger partial charge in [0, 0.05) is 68.0 Å². The van der Waals surface area contributed by atoms with Gasteiger partial charge in [0.1, 0.15) is 17.3 Å². The zero-order chi connectivity index (χ0) is 22.8. The Morgan fingerprint density at radius 3 is 2.45 bits per heavy atom. The lowest BCUT2D eigenvalue weighted by Gasteiger charge is -2.35. The van der Waals surface area contributed by atoms with Gasteiger partial charge in [0.15, 0.2) is 5.82 Å². The second kappa shape index (κ2) is 9.11. The average molecular weight is 448 g/mol. The molecule has 4 aromatic rings. The summed E-state index contributed by atoms with van der Waals surface area (Å²) in [6.45, 7) is 8.91. The molecule has 0 radical (unpaired) electrons. The van der Waals surface area contributed by atoms with Crippen LogP contribution in [0.5, 0.6) is 0 Å². The van der Waals surface area contributed by atoms with Crippen LogP contribution in [0, 0.1) is 19.7 Å². The fourth-order valence-corrected chi connectivity index (χ4v) is 4.21. The summed E-state index contributed by atoms with van der Waals surface area (Å²) in [6, 6.07) is 6.41. The molecule has 0 saturated carbocycles. The Morgan fingerprint density at radius 1 is 0.970 bits per heavy atom. The van der Waals surface area contributed by atoms with Crippen LogP contribution < -0.4 is 4.90 Å². The normalized spacial score (nSPS) is 14.7. The molecule has 4 heterocycles. The van der Waals surface area contributed by atoms with Crippen LogP contribution in [0.15, 0.2) is 53.6 Å². The summed E-state index contributed by atoms with van der Waals surface area (Å²) < 4.78 is 20.5. The van der Waals surface area contributed by atoms with Crippen molar-refractivity contribution in [1.29, 1.82) is 0 Å². The predicted octanol–water partition coefficient (Wildman–Crippen LogP) is 3.45. The van der Waals surface area contributed by atoms with Crippen LogP contribution in [0.1, 0.15) is 22.6 Å². The Labute approximate surface area is 191 Å². The molecule has 1 saturated heterocycles. The summed E-state index contributed by atoms with van der Waals surface area (Å²) in [5.41, 5.74) is 4.82. The number of aromatic nitrogens is 5. The molecule has 5 rings (SSSR count). The highest BCUT2D eigenvalue weighted by molar-refractivity contribution is 5.72. The first-order chi connectivity index (χ1) is 16.1. The molecule has 0 bridgehead atoms. The van der Waals surface area contributed by atoms with Crippen molar-refractivity contribution in [1.82, 2.24) is 29.8 Å². The minimum atomic E-state index is -0.257. The van der Waals surface area contributed by atoms with Crippen molar-refractivity contribution in [3.63, 3.8) is 0 Å². The lowest BCUT2D eigenvalue weighted by atomic mass is 10.1. The van der Waals surface area contributed by atoms with Gasteiger partial charge in [-0.1, -0.05) is 5.16 Å². The molecule has 8 nitrogen and oxygen atoms in total. The summed E-state index contributed by atoms with van der Waals surface area (Å²) in [4.78, 5) is 13.8. The maximum absolute atomic E-state index is 13.3. The van der Waals surface area contributed by atoms with Crippen LogP contribution in [-0.4, -0.2) is 56.0 Å². The van der Waals surface area contributed by atoms with Gasteiger partial charge < -0.3 is 9.42 Å². The fourth-order valence-electron chi connectivity index (χ4n) is 4.21. The highest BCUT2D eigenvalue weighted by atomic mass is 19.1. The van der Waals surface area contributed by atoms with E-state index in [0.29, 0.717) is 6.54 Å². The maximum atomic E-state index is 13.3. The molecule has 1 aliphatic rings. The second-order valence-electron chi connectivity index (χ2n) is 8.35. The van der Waals surface area contributed by atoms with Crippen molar-refractivity contribution in [2.45, 2.75) is 26.9 Å². The van der Waals surface area contributed by atoms with E-state index < -0.39 is 0 Å². The van der Waals surface area contributed by atoms with Crippen LogP contribution in [0.25, 0.3) is 11.3 Å². The van der Waals surface area contributed by atoms with Gasteiger partial charge in [0.05, 0.1) is 18.4 Å². The van der Waals surface area contributed by atoms with Crippen LogP contribution >= 0.6 is 0 Å². The SMILES string of the molecule is Cc1noc(C)c1Cn1cc(CN2CCN(c3nccnc3-c3ccc(F)cc3)CC2)cn1. The zero-order valence-electron chi connectivity index (χ0n) is 18.8. The third-order valence-electron chi connectivity index (χ3n) is 6.06. The number of benzene rings is 1. The molecule has 170 valence electrons. The van der Waals surface area contributed by atoms with E-state index >= 15 is 0 Å². The molecule has 33 heavy (non-hydrogen) atoms. The van der Waals surface area contributed by atoms with E-state index in [2.05, 4.69) is 36.2 Å². The van der Waals surface area contributed by atoms with Gasteiger partial charge in [-0.25, -0.2) is 9.37 Å². The van der Waals surface area contributed by atoms with Gasteiger partial charge in [0.2, 0.25) is 0 Å². The molecule has 0 spiro atoms. The van der Waals surface area contributed by atoms with E-state index in [0.717, 1.165) is 66.8 Å². The minimum Gasteiger partial charge on any atom is -0.361 e. The standard InChI is InChI=1S/C24H26FN7O/c1-17-22(18(2)33-29-17)16-32-15-19(13-28-32)14-30-9-11-31(12-10-30)24-23(26-7-8-27-24)20-3-5-21(25)6-4-20/h3-8,13,15H,9-12,14,16H2,1-2H3. The molecule has 0 amide bonds. The van der Waals surface area contributed by atoms with Gasteiger partial charge in [0.25, 0.3) is 0 Å². The largest absolute Gasteiger partial charge is 0.361 e. The van der Waals surface area contributed by atoms with E-state index in [4.69, 9.17) is 4.52 Å². The summed E-state index contributed by atoms with van der Waals surface area (Å²) >= 11 is 0. The Morgan fingerprint density at radius 2 is 1.73 bits per heavy atom. The Hall–Kier alpha value is -3.59. The average Bonchev–Trinajstić information content (AvgIpc) is 3.41. The monoisotopic (exact) mass is 447 g/mol. The van der Waals surface area contributed by atoms with Crippen LogP contribution in [0.2, 0.25) is 0 Å². The third-order valence-corrected chi connectivity index (χ3v) is 6.06. The summed E-state index contributed by atoms with van der Waals surface area (Å²) in [6.07, 6.45) is 7.41. The summed E-state index contributed by atoms with van der Waals surface area (Å²) in [5, 5.41) is 8.54. The van der Waals surface area contributed by atoms with E-state index in [1.807, 2.05) is 24.7 Å². The lowest BCUT2D eigenvalue weighted by molar-refractivity contribution is 0.249. The quantitative estimate of drug-likeness (QED) is 0.448. The molecule has 0 atom stereocenters. The Balaban J connectivity index is 1.21. The molecule has 1 fully saturated rings. The van der Waals surface area contributed by atoms with Gasteiger partial charge >= 0.3 is 0 Å². The van der Waals surface area contributed by atoms with Crippen molar-refractivity contribution >= 4 is 5.82 Å². The highest BCUT2D eigenvalue weighted by Crippen LogP contribution is 2.27. The van der Waals surface area contributed by atoms with Crippen molar-refractivity contribution in [3.8, 4) is 11.3 Å². The predicted molar refractivity (Wildman–Crippen MR) is 122 cm³/mol. The van der Waals surface area contributed by atoms with Crippen LogP contribution in [0.4, 0.5) is 10.2 Å². The lowest BCUT2D eigenvalue weighted by Crippen LogP contribution is -2.46. The van der Waals surface area contributed by atoms with Crippen LogP contribution in [-0.2, 0) is 13.1 Å². The highest BCUT2D eigenvalue weighted by Gasteiger charge is 2.22. The number of piperazine rings is 1. The van der Waals surface area contributed by atoms with Crippen molar-refractivity contribution in [3.05, 3.63) is 77.5 Å². The van der Waals surface area contributed by atoms with Gasteiger partial charge in [-0.3, -0.25) is 14.6 Å². The van der Waals surface area contributed by atoms with Gasteiger partial charge in [-0.15, -0.1) is 0 Å². The first-order valence-electron chi connectivity index (χ1n) is 11.0. The number of nitrogens with zero attached hydrogens (tertiary/aromatic N) is 7. The van der Waals surface area contributed by atoms with Crippen molar-refractivity contribution in [2.75, 3.05) is 31.1 Å². The molecule has 1 aliphatic heterocycles. The molecule has 9 heteroatoms. The van der Waals surface area contributed by atoms with Crippen molar-refractivity contribution in [2.24, 2.45) is 0 Å². The topological polar surface area (TPSA) is 76.1 Å². The molecule has 1 aromatic carbocycles. The Bertz CT molecular complexity index is 1210. The molecule has 3 aromatic heterocycles. The number of rotatable bonds is 6. The van der Waals surface area contributed by atoms with Crippen LogP contribution in [0.3, 0.4) is 0 Å². The number of hydrogen-bond donors (Lipinski definition) is 0. The number of hydrogen-bond acceptors (Lipinski definition) is 7.